The first-order valence-electron chi connectivity index (χ1n) is 8.88. The summed E-state index contributed by atoms with van der Waals surface area (Å²) in [5.74, 6) is 0.700. The molecule has 0 radical (unpaired) electrons. The van der Waals surface area contributed by atoms with Gasteiger partial charge in [0.15, 0.2) is 0 Å². The van der Waals surface area contributed by atoms with Gasteiger partial charge in [0.1, 0.15) is 0 Å². The molecule has 3 rings (SSSR count). The van der Waals surface area contributed by atoms with E-state index in [0.29, 0.717) is 5.91 Å². The van der Waals surface area contributed by atoms with Crippen LogP contribution in [0.5, 0.6) is 0 Å². The number of nitrogens with zero attached hydrogens (tertiary/aromatic N) is 2. The first-order valence-corrected chi connectivity index (χ1v) is 8.88. The minimum Gasteiger partial charge on any atom is -0.342 e. The zero-order valence-electron chi connectivity index (χ0n) is 13.5. The number of hydrogen-bond acceptors (Lipinski definition) is 2. The summed E-state index contributed by atoms with van der Waals surface area (Å²) in [7, 11) is 0. The van der Waals surface area contributed by atoms with Crippen molar-refractivity contribution in [3.8, 4) is 0 Å². The molecule has 0 atom stereocenters. The van der Waals surface area contributed by atoms with Crippen LogP contribution in [0.1, 0.15) is 44.1 Å². The molecule has 3 nitrogen and oxygen atoms in total. The van der Waals surface area contributed by atoms with Crippen LogP contribution < -0.4 is 0 Å². The summed E-state index contributed by atoms with van der Waals surface area (Å²) < 4.78 is 0. The van der Waals surface area contributed by atoms with E-state index in [4.69, 9.17) is 0 Å². The van der Waals surface area contributed by atoms with Crippen molar-refractivity contribution in [2.24, 2.45) is 5.92 Å². The van der Waals surface area contributed by atoms with Crippen molar-refractivity contribution in [2.75, 3.05) is 26.2 Å². The number of carbonyl (C=O) groups is 1. The van der Waals surface area contributed by atoms with E-state index in [-0.39, 0.29) is 5.92 Å². The molecule has 0 unspecified atom stereocenters. The smallest absolute Gasteiger partial charge is 0.225 e. The molecule has 0 aromatic heterocycles. The van der Waals surface area contributed by atoms with Crippen molar-refractivity contribution in [3.63, 3.8) is 0 Å². The second-order valence-electron chi connectivity index (χ2n) is 6.78. The normalized spacial score (nSPS) is 21.5. The maximum Gasteiger partial charge on any atom is 0.225 e. The highest BCUT2D eigenvalue weighted by Crippen LogP contribution is 2.22. The van der Waals surface area contributed by atoms with Crippen LogP contribution in [0.2, 0.25) is 0 Å². The van der Waals surface area contributed by atoms with E-state index < -0.39 is 0 Å². The fourth-order valence-corrected chi connectivity index (χ4v) is 3.73. The molecule has 1 aromatic carbocycles. The van der Waals surface area contributed by atoms with Gasteiger partial charge in [0, 0.05) is 25.6 Å². The Hall–Kier alpha value is -1.35. The van der Waals surface area contributed by atoms with Crippen molar-refractivity contribution >= 4 is 5.91 Å². The number of benzene rings is 1. The summed E-state index contributed by atoms with van der Waals surface area (Å²) in [6, 6.07) is 10.6. The Morgan fingerprint density at radius 3 is 2.18 bits per heavy atom. The number of piperidine rings is 1. The summed E-state index contributed by atoms with van der Waals surface area (Å²) in [5.41, 5.74) is 1.37. The summed E-state index contributed by atoms with van der Waals surface area (Å²) in [5, 5.41) is 0. The molecule has 0 N–H and O–H groups in total. The van der Waals surface area contributed by atoms with E-state index in [2.05, 4.69) is 40.1 Å². The van der Waals surface area contributed by atoms with E-state index in [1.54, 1.807) is 0 Å². The Bertz CT molecular complexity index is 458. The van der Waals surface area contributed by atoms with Gasteiger partial charge < -0.3 is 4.90 Å². The molecule has 2 saturated heterocycles. The Morgan fingerprint density at radius 1 is 0.909 bits per heavy atom. The number of hydrogen-bond donors (Lipinski definition) is 0. The number of carbonyl (C=O) groups excluding carboxylic acids is 1. The molecule has 1 amide bonds. The van der Waals surface area contributed by atoms with Gasteiger partial charge in [-0.3, -0.25) is 9.69 Å². The van der Waals surface area contributed by atoms with Gasteiger partial charge in [0.05, 0.1) is 0 Å². The molecule has 0 saturated carbocycles. The minimum atomic E-state index is 0.269. The predicted octanol–water partition coefficient (Wildman–Crippen LogP) is 3.30. The Morgan fingerprint density at radius 2 is 1.55 bits per heavy atom. The molecular formula is C19H28N2O. The van der Waals surface area contributed by atoms with E-state index in [0.717, 1.165) is 45.6 Å². The first-order chi connectivity index (χ1) is 10.8. The number of likely N-dealkylation sites (tertiary alicyclic amines) is 2. The van der Waals surface area contributed by atoms with Crippen LogP contribution in [0.25, 0.3) is 0 Å². The van der Waals surface area contributed by atoms with Gasteiger partial charge in [-0.2, -0.15) is 0 Å². The maximum absolute atomic E-state index is 12.7. The summed E-state index contributed by atoms with van der Waals surface area (Å²) in [6.07, 6.45) is 7.03. The van der Waals surface area contributed by atoms with Crippen LogP contribution in [-0.4, -0.2) is 41.9 Å². The van der Waals surface area contributed by atoms with Crippen LogP contribution in [0.15, 0.2) is 30.3 Å². The topological polar surface area (TPSA) is 23.6 Å². The first kappa shape index (κ1) is 15.5. The summed E-state index contributed by atoms with van der Waals surface area (Å²) in [4.78, 5) is 17.3. The van der Waals surface area contributed by atoms with Crippen LogP contribution in [0.3, 0.4) is 0 Å². The molecule has 0 aliphatic carbocycles. The van der Waals surface area contributed by atoms with E-state index in [1.165, 1.54) is 31.2 Å². The van der Waals surface area contributed by atoms with E-state index in [1.807, 2.05) is 0 Å². The lowest BCUT2D eigenvalue weighted by Gasteiger charge is -2.34. The van der Waals surface area contributed by atoms with Gasteiger partial charge >= 0.3 is 0 Å². The van der Waals surface area contributed by atoms with Gasteiger partial charge in [0.2, 0.25) is 5.91 Å². The van der Waals surface area contributed by atoms with Crippen molar-refractivity contribution in [1.29, 1.82) is 0 Å². The quantitative estimate of drug-likeness (QED) is 0.855. The Balaban J connectivity index is 1.47. The summed E-state index contributed by atoms with van der Waals surface area (Å²) >= 11 is 0. The standard InChI is InChI=1S/C19H28N2O/c22-19(21-12-6-1-2-7-13-21)18-10-14-20(15-11-18)16-17-8-4-3-5-9-17/h3-5,8-9,18H,1-2,6-7,10-16H2. The third-order valence-electron chi connectivity index (χ3n) is 5.10. The SMILES string of the molecule is O=C(C1CCN(Cc2ccccc2)CC1)N1CCCCCC1. The largest absolute Gasteiger partial charge is 0.342 e. The maximum atomic E-state index is 12.7. The van der Waals surface area contributed by atoms with Crippen molar-refractivity contribution < 1.29 is 4.79 Å². The van der Waals surface area contributed by atoms with Crippen molar-refractivity contribution in [3.05, 3.63) is 35.9 Å². The van der Waals surface area contributed by atoms with Crippen molar-refractivity contribution in [2.45, 2.75) is 45.1 Å². The molecule has 2 fully saturated rings. The fourth-order valence-electron chi connectivity index (χ4n) is 3.73. The molecule has 0 spiro atoms. The summed E-state index contributed by atoms with van der Waals surface area (Å²) in [6.45, 7) is 5.11. The monoisotopic (exact) mass is 300 g/mol. The van der Waals surface area contributed by atoms with Gasteiger partial charge in [-0.15, -0.1) is 0 Å². The third-order valence-corrected chi connectivity index (χ3v) is 5.10. The lowest BCUT2D eigenvalue weighted by Crippen LogP contribution is -2.42. The second kappa shape index (κ2) is 7.77. The van der Waals surface area contributed by atoms with Crippen LogP contribution in [-0.2, 0) is 11.3 Å². The van der Waals surface area contributed by atoms with E-state index >= 15 is 0 Å². The zero-order chi connectivity index (χ0) is 15.2. The highest BCUT2D eigenvalue weighted by Gasteiger charge is 2.28. The van der Waals surface area contributed by atoms with Gasteiger partial charge in [-0.05, 0) is 44.3 Å². The molecule has 2 heterocycles. The van der Waals surface area contributed by atoms with Crippen molar-refractivity contribution in [1.82, 2.24) is 9.80 Å². The lowest BCUT2D eigenvalue weighted by atomic mass is 9.94. The molecule has 3 heteroatoms. The lowest BCUT2D eigenvalue weighted by molar-refractivity contribution is -0.137. The molecule has 120 valence electrons. The zero-order valence-corrected chi connectivity index (χ0v) is 13.5. The molecule has 2 aliphatic heterocycles. The Kier molecular flexibility index (Phi) is 5.49. The third kappa shape index (κ3) is 4.10. The second-order valence-corrected chi connectivity index (χ2v) is 6.78. The van der Waals surface area contributed by atoms with Gasteiger partial charge in [-0.1, -0.05) is 43.2 Å². The fraction of sp³-hybridized carbons (Fsp3) is 0.632. The molecule has 0 bridgehead atoms. The molecule has 22 heavy (non-hydrogen) atoms. The van der Waals surface area contributed by atoms with Gasteiger partial charge in [-0.25, -0.2) is 0 Å². The molecule has 1 aromatic rings. The minimum absolute atomic E-state index is 0.269. The van der Waals surface area contributed by atoms with Crippen LogP contribution in [0.4, 0.5) is 0 Å². The van der Waals surface area contributed by atoms with Gasteiger partial charge in [0.25, 0.3) is 0 Å². The highest BCUT2D eigenvalue weighted by molar-refractivity contribution is 5.79. The molecular weight excluding hydrogens is 272 g/mol. The predicted molar refractivity (Wildman–Crippen MR) is 89.5 cm³/mol. The average molecular weight is 300 g/mol. The van der Waals surface area contributed by atoms with E-state index in [9.17, 15) is 4.79 Å². The highest BCUT2D eigenvalue weighted by atomic mass is 16.2. The van der Waals surface area contributed by atoms with Crippen LogP contribution >= 0.6 is 0 Å². The van der Waals surface area contributed by atoms with Crippen LogP contribution in [0, 0.1) is 5.92 Å². The Labute approximate surface area is 134 Å². The number of rotatable bonds is 3. The number of amides is 1. The molecule has 2 aliphatic rings. The average Bonchev–Trinajstić information content (AvgIpc) is 2.85.